The number of esters is 1. The van der Waals surface area contributed by atoms with Gasteiger partial charge in [-0.05, 0) is 169 Å². The number of carbonyl (C=O) groups is 1. The first kappa shape index (κ1) is 34.1. The lowest BCUT2D eigenvalue weighted by atomic mass is 9.43. The largest absolute Gasteiger partial charge is 0.469 e. The van der Waals surface area contributed by atoms with E-state index in [0.717, 1.165) is 70.4 Å². The number of aliphatic hydroxyl groups excluding tert-OH is 1. The summed E-state index contributed by atoms with van der Waals surface area (Å²) >= 11 is 0. The highest BCUT2D eigenvalue weighted by molar-refractivity contribution is 5.69. The number of fused-ring (bicyclic) bond motifs is 5. The fourth-order valence-corrected chi connectivity index (χ4v) is 10.5. The van der Waals surface area contributed by atoms with Crippen molar-refractivity contribution in [3.63, 3.8) is 0 Å². The first-order valence-electron chi connectivity index (χ1n) is 17.8. The second kappa shape index (κ2) is 16.0. The third-order valence-corrected chi connectivity index (χ3v) is 13.0. The van der Waals surface area contributed by atoms with Gasteiger partial charge in [0.05, 0.1) is 13.2 Å². The maximum atomic E-state index is 11.8. The first-order chi connectivity index (χ1) is 20.3. The number of hydrogen-bond donors (Lipinski definition) is 5. The van der Waals surface area contributed by atoms with Crippen LogP contribution in [0.4, 0.5) is 0 Å². The molecule has 0 aromatic carbocycles. The number of hydrogen-bond acceptors (Lipinski definition) is 7. The van der Waals surface area contributed by atoms with Gasteiger partial charge in [-0.3, -0.25) is 4.79 Å². The second-order valence-electron chi connectivity index (χ2n) is 15.2. The summed E-state index contributed by atoms with van der Waals surface area (Å²) < 4.78 is 4.92. The Morgan fingerprint density at radius 3 is 2.36 bits per heavy atom. The van der Waals surface area contributed by atoms with Crippen molar-refractivity contribution < 1.29 is 14.6 Å². The molecule has 244 valence electrons. The summed E-state index contributed by atoms with van der Waals surface area (Å²) in [6.45, 7) is 13.6. The van der Waals surface area contributed by atoms with Gasteiger partial charge in [-0.2, -0.15) is 0 Å². The molecule has 0 spiro atoms. The molecule has 0 amide bonds. The lowest BCUT2D eigenvalue weighted by Crippen LogP contribution is -2.59. The summed E-state index contributed by atoms with van der Waals surface area (Å²) in [5.41, 5.74) is 5.90. The molecular weight excluding hydrogens is 524 g/mol. The fourth-order valence-electron chi connectivity index (χ4n) is 10.5. The van der Waals surface area contributed by atoms with Gasteiger partial charge in [0.15, 0.2) is 0 Å². The van der Waals surface area contributed by atoms with Crippen LogP contribution in [0, 0.1) is 46.3 Å². The number of methoxy groups -OCH3 is 1. The van der Waals surface area contributed by atoms with E-state index in [9.17, 15) is 9.90 Å². The fraction of sp³-hybridized carbons (Fsp3) is 0.971. The monoisotopic (exact) mass is 591 g/mol. The molecule has 0 heterocycles. The Bertz CT molecular complexity index is 828. The summed E-state index contributed by atoms with van der Waals surface area (Å²) in [5, 5.41) is 22.8. The van der Waals surface area contributed by atoms with Crippen LogP contribution in [0.3, 0.4) is 0 Å². The van der Waals surface area contributed by atoms with E-state index in [1.165, 1.54) is 71.3 Å². The highest BCUT2D eigenvalue weighted by Crippen LogP contribution is 2.68. The van der Waals surface area contributed by atoms with Crippen LogP contribution in [-0.2, 0) is 9.53 Å². The van der Waals surface area contributed by atoms with Crippen LogP contribution in [-0.4, -0.2) is 69.6 Å². The molecule has 0 saturated heterocycles. The normalized spacial score (nSPS) is 38.4. The van der Waals surface area contributed by atoms with Crippen LogP contribution in [0.25, 0.3) is 0 Å². The van der Waals surface area contributed by atoms with E-state index in [0.29, 0.717) is 41.5 Å². The van der Waals surface area contributed by atoms with Crippen molar-refractivity contribution in [3.8, 4) is 0 Å². The molecule has 0 aromatic heterocycles. The van der Waals surface area contributed by atoms with Crippen molar-refractivity contribution in [2.75, 3.05) is 46.4 Å². The molecule has 0 aromatic rings. The number of unbranched alkanes of at least 4 members (excludes halogenated alkanes) is 1. The van der Waals surface area contributed by atoms with Crippen molar-refractivity contribution in [1.82, 2.24) is 16.0 Å². The molecule has 4 saturated carbocycles. The number of nitrogens with one attached hydrogen (secondary N) is 3. The molecule has 4 rings (SSSR count). The molecule has 4 fully saturated rings. The number of carbonyl (C=O) groups excluding carboxylic acids is 1. The second-order valence-corrected chi connectivity index (χ2v) is 15.2. The predicted molar refractivity (Wildman–Crippen MR) is 172 cm³/mol. The standard InChI is InChI=1S/C35H66N4O3/c1-25(9-14-33(41)42-4)29-12-13-30-28-11-10-26-23-27(15-16-34(26,2)31(28)24-32(40)35(29,30)3)39-22-8-21-38-19-6-5-18-37-20-7-17-36/h25-32,37-40H,5-24,36H2,1-4H3/t25?,26-,27-,28?,29-,30?,31?,32+,34+,35-/m1/s1. The molecular formula is C35H66N4O3. The molecule has 0 aliphatic heterocycles. The van der Waals surface area contributed by atoms with Crippen molar-refractivity contribution >= 4 is 5.97 Å². The number of ether oxygens (including phenoxy) is 1. The summed E-state index contributed by atoms with van der Waals surface area (Å²) in [5.74, 6) is 3.69. The van der Waals surface area contributed by atoms with E-state index in [1.54, 1.807) is 0 Å². The molecule has 6 N–H and O–H groups in total. The molecule has 0 radical (unpaired) electrons. The highest BCUT2D eigenvalue weighted by Gasteiger charge is 2.63. The molecule has 10 atom stereocenters. The van der Waals surface area contributed by atoms with Gasteiger partial charge in [0.2, 0.25) is 0 Å². The van der Waals surface area contributed by atoms with Crippen molar-refractivity contribution in [2.24, 2.45) is 52.1 Å². The SMILES string of the molecule is COC(=O)CCC(C)[C@H]1CCC2C3CC[C@@H]4C[C@H](NCCCNCCCCNCCCN)CC[C@]4(C)C3C[C@H](O)[C@@]21C. The molecule has 7 heteroatoms. The van der Waals surface area contributed by atoms with Gasteiger partial charge in [-0.25, -0.2) is 0 Å². The van der Waals surface area contributed by atoms with Crippen molar-refractivity contribution in [2.45, 2.75) is 123 Å². The summed E-state index contributed by atoms with van der Waals surface area (Å²) in [7, 11) is 1.48. The Hall–Kier alpha value is -0.730. The van der Waals surface area contributed by atoms with Crippen LogP contribution in [0.2, 0.25) is 0 Å². The minimum atomic E-state index is -0.219. The summed E-state index contributed by atoms with van der Waals surface area (Å²) in [4.78, 5) is 11.8. The predicted octanol–water partition coefficient (Wildman–Crippen LogP) is 4.86. The average Bonchev–Trinajstić information content (AvgIpc) is 3.35. The topological polar surface area (TPSA) is 109 Å². The van der Waals surface area contributed by atoms with Gasteiger partial charge in [-0.15, -0.1) is 0 Å². The summed E-state index contributed by atoms with van der Waals surface area (Å²) in [6.07, 6.45) is 15.9. The molecule has 42 heavy (non-hydrogen) atoms. The maximum Gasteiger partial charge on any atom is 0.305 e. The smallest absolute Gasteiger partial charge is 0.305 e. The Morgan fingerprint density at radius 1 is 0.929 bits per heavy atom. The molecule has 7 nitrogen and oxygen atoms in total. The van der Waals surface area contributed by atoms with E-state index < -0.39 is 0 Å². The van der Waals surface area contributed by atoms with Gasteiger partial charge < -0.3 is 31.5 Å². The third kappa shape index (κ3) is 7.73. The van der Waals surface area contributed by atoms with Gasteiger partial charge in [0.25, 0.3) is 0 Å². The Labute approximate surface area is 257 Å². The average molecular weight is 591 g/mol. The lowest BCUT2D eigenvalue weighted by molar-refractivity contribution is -0.170. The zero-order valence-corrected chi connectivity index (χ0v) is 27.6. The number of aliphatic hydroxyl groups is 1. The highest BCUT2D eigenvalue weighted by atomic mass is 16.5. The zero-order valence-electron chi connectivity index (χ0n) is 27.6. The van der Waals surface area contributed by atoms with E-state index >= 15 is 0 Å². The van der Waals surface area contributed by atoms with Crippen LogP contribution >= 0.6 is 0 Å². The van der Waals surface area contributed by atoms with Crippen molar-refractivity contribution in [1.29, 1.82) is 0 Å². The van der Waals surface area contributed by atoms with E-state index in [-0.39, 0.29) is 17.5 Å². The van der Waals surface area contributed by atoms with E-state index in [4.69, 9.17) is 10.5 Å². The minimum Gasteiger partial charge on any atom is -0.469 e. The number of nitrogens with two attached hydrogens (primary N) is 1. The Balaban J connectivity index is 1.20. The van der Waals surface area contributed by atoms with Crippen LogP contribution in [0.1, 0.15) is 111 Å². The van der Waals surface area contributed by atoms with Crippen molar-refractivity contribution in [3.05, 3.63) is 0 Å². The van der Waals surface area contributed by atoms with Gasteiger partial charge in [0.1, 0.15) is 0 Å². The van der Waals surface area contributed by atoms with Crippen LogP contribution in [0.5, 0.6) is 0 Å². The minimum absolute atomic E-state index is 0.00590. The van der Waals surface area contributed by atoms with E-state index in [2.05, 4.69) is 36.7 Å². The molecule has 4 unspecified atom stereocenters. The van der Waals surface area contributed by atoms with Crippen LogP contribution < -0.4 is 21.7 Å². The first-order valence-corrected chi connectivity index (χ1v) is 17.8. The molecule has 4 aliphatic carbocycles. The maximum absolute atomic E-state index is 11.8. The Kier molecular flexibility index (Phi) is 13.0. The summed E-state index contributed by atoms with van der Waals surface area (Å²) in [6, 6.07) is 0.657. The van der Waals surface area contributed by atoms with Gasteiger partial charge >= 0.3 is 5.97 Å². The van der Waals surface area contributed by atoms with Gasteiger partial charge in [0, 0.05) is 12.5 Å². The third-order valence-electron chi connectivity index (χ3n) is 13.0. The van der Waals surface area contributed by atoms with Crippen LogP contribution in [0.15, 0.2) is 0 Å². The quantitative estimate of drug-likeness (QED) is 0.122. The number of rotatable bonds is 17. The van der Waals surface area contributed by atoms with E-state index in [1.807, 2.05) is 0 Å². The molecule has 4 aliphatic rings. The Morgan fingerprint density at radius 2 is 1.64 bits per heavy atom. The van der Waals surface area contributed by atoms with Gasteiger partial charge in [-0.1, -0.05) is 20.8 Å². The zero-order chi connectivity index (χ0) is 30.2. The lowest BCUT2D eigenvalue weighted by Gasteiger charge is -2.62. The molecule has 0 bridgehead atoms.